The lowest BCUT2D eigenvalue weighted by Gasteiger charge is -2.06. The van der Waals surface area contributed by atoms with Crippen LogP contribution in [0.2, 0.25) is 0 Å². The van der Waals surface area contributed by atoms with Crippen molar-refractivity contribution in [2.75, 3.05) is 5.73 Å². The number of nitrogen functional groups attached to an aromatic ring is 1. The quantitative estimate of drug-likeness (QED) is 0.848. The molecular weight excluding hydrogens is 338 g/mol. The summed E-state index contributed by atoms with van der Waals surface area (Å²) in [7, 11) is 0. The summed E-state index contributed by atoms with van der Waals surface area (Å²) in [4.78, 5) is 7.98. The molecule has 0 saturated heterocycles. The van der Waals surface area contributed by atoms with Gasteiger partial charge in [0, 0.05) is 16.9 Å². The Hall–Kier alpha value is -1.14. The van der Waals surface area contributed by atoms with Gasteiger partial charge in [0.1, 0.15) is 0 Å². The van der Waals surface area contributed by atoms with Crippen LogP contribution >= 0.6 is 31.9 Å². The van der Waals surface area contributed by atoms with Gasteiger partial charge in [-0.25, -0.2) is 9.97 Å². The van der Waals surface area contributed by atoms with Gasteiger partial charge in [-0.1, -0.05) is 15.9 Å². The fourth-order valence-corrected chi connectivity index (χ4v) is 1.65. The maximum atomic E-state index is 5.78. The first-order valence-electron chi connectivity index (χ1n) is 4.35. The second-order valence-electron chi connectivity index (χ2n) is 2.97. The van der Waals surface area contributed by atoms with Crippen LogP contribution in [0, 0.1) is 0 Å². The molecule has 2 aromatic rings. The maximum Gasteiger partial charge on any atom is 0.322 e. The third-order valence-electron chi connectivity index (χ3n) is 1.77. The van der Waals surface area contributed by atoms with Crippen LogP contribution in [0.5, 0.6) is 11.8 Å². The van der Waals surface area contributed by atoms with E-state index in [0.29, 0.717) is 11.4 Å². The Labute approximate surface area is 109 Å². The van der Waals surface area contributed by atoms with Gasteiger partial charge in [-0.15, -0.1) is 0 Å². The third kappa shape index (κ3) is 2.70. The highest BCUT2D eigenvalue weighted by Gasteiger charge is 2.04. The molecule has 2 N–H and O–H groups in total. The smallest absolute Gasteiger partial charge is 0.322 e. The van der Waals surface area contributed by atoms with Crippen molar-refractivity contribution < 1.29 is 4.74 Å². The van der Waals surface area contributed by atoms with Crippen LogP contribution in [0.3, 0.4) is 0 Å². The van der Waals surface area contributed by atoms with E-state index in [1.165, 1.54) is 0 Å². The van der Waals surface area contributed by atoms with Gasteiger partial charge >= 0.3 is 6.01 Å². The van der Waals surface area contributed by atoms with E-state index in [0.717, 1.165) is 8.95 Å². The van der Waals surface area contributed by atoms with Crippen LogP contribution in [0.25, 0.3) is 0 Å². The summed E-state index contributed by atoms with van der Waals surface area (Å²) in [6.07, 6.45) is 3.22. The molecule has 0 atom stereocenters. The first kappa shape index (κ1) is 11.3. The molecule has 6 heteroatoms. The zero-order chi connectivity index (χ0) is 11.5. The van der Waals surface area contributed by atoms with Crippen molar-refractivity contribution in [2.24, 2.45) is 0 Å². The summed E-state index contributed by atoms with van der Waals surface area (Å²) >= 11 is 6.56. The number of rotatable bonds is 2. The number of halogens is 2. The normalized spacial score (nSPS) is 10.1. The predicted molar refractivity (Wildman–Crippen MR) is 68.4 cm³/mol. The molecule has 0 aliphatic heterocycles. The van der Waals surface area contributed by atoms with E-state index in [1.807, 2.05) is 6.07 Å². The van der Waals surface area contributed by atoms with Gasteiger partial charge < -0.3 is 10.5 Å². The topological polar surface area (TPSA) is 61.0 Å². The summed E-state index contributed by atoms with van der Waals surface area (Å²) in [5, 5.41) is 0. The van der Waals surface area contributed by atoms with E-state index >= 15 is 0 Å². The summed E-state index contributed by atoms with van der Waals surface area (Å²) < 4.78 is 7.12. The molecule has 1 aromatic carbocycles. The summed E-state index contributed by atoms with van der Waals surface area (Å²) in [5.74, 6) is 0.533. The molecule has 82 valence electrons. The third-order valence-corrected chi connectivity index (χ3v) is 2.67. The fourth-order valence-electron chi connectivity index (χ4n) is 1.06. The first-order valence-corrected chi connectivity index (χ1v) is 5.94. The second-order valence-corrected chi connectivity index (χ2v) is 4.80. The number of ether oxygens (including phenoxy) is 1. The van der Waals surface area contributed by atoms with Gasteiger partial charge in [0.05, 0.1) is 10.2 Å². The molecule has 0 amide bonds. The summed E-state index contributed by atoms with van der Waals surface area (Å²) in [6.45, 7) is 0. The molecule has 16 heavy (non-hydrogen) atoms. The number of hydrogen-bond acceptors (Lipinski definition) is 4. The Morgan fingerprint density at radius 1 is 1.06 bits per heavy atom. The lowest BCUT2D eigenvalue weighted by molar-refractivity contribution is 0.443. The fraction of sp³-hybridized carbons (Fsp3) is 0. The highest BCUT2D eigenvalue weighted by Crippen LogP contribution is 2.28. The molecular formula is C10H7Br2N3O. The van der Waals surface area contributed by atoms with Crippen molar-refractivity contribution in [3.63, 3.8) is 0 Å². The number of hydrogen-bond donors (Lipinski definition) is 1. The van der Waals surface area contributed by atoms with Crippen LogP contribution in [0.15, 0.2) is 39.5 Å². The standard InChI is InChI=1S/C10H7Br2N3O/c11-6-1-2-9(8(13)3-6)16-10-14-4-7(12)5-15-10/h1-5H,13H2. The minimum atomic E-state index is 0.261. The summed E-state index contributed by atoms with van der Waals surface area (Å²) in [6, 6.07) is 5.61. The van der Waals surface area contributed by atoms with Crippen molar-refractivity contribution in [3.8, 4) is 11.8 Å². The Morgan fingerprint density at radius 2 is 1.75 bits per heavy atom. The minimum absolute atomic E-state index is 0.261. The number of benzene rings is 1. The van der Waals surface area contributed by atoms with Gasteiger partial charge in [-0.2, -0.15) is 0 Å². The zero-order valence-electron chi connectivity index (χ0n) is 8.02. The van der Waals surface area contributed by atoms with E-state index in [-0.39, 0.29) is 6.01 Å². The summed E-state index contributed by atoms with van der Waals surface area (Å²) in [5.41, 5.74) is 6.31. The van der Waals surface area contributed by atoms with Gasteiger partial charge in [0.25, 0.3) is 0 Å². The van der Waals surface area contributed by atoms with Crippen LogP contribution in [-0.2, 0) is 0 Å². The van der Waals surface area contributed by atoms with Gasteiger partial charge in [0.2, 0.25) is 0 Å². The average molecular weight is 345 g/mol. The largest absolute Gasteiger partial charge is 0.422 e. The average Bonchev–Trinajstić information content (AvgIpc) is 2.25. The van der Waals surface area contributed by atoms with Crippen LogP contribution < -0.4 is 10.5 Å². The molecule has 2 rings (SSSR count). The zero-order valence-corrected chi connectivity index (χ0v) is 11.2. The van der Waals surface area contributed by atoms with Crippen molar-refractivity contribution in [1.82, 2.24) is 9.97 Å². The van der Waals surface area contributed by atoms with E-state index in [4.69, 9.17) is 10.5 Å². The maximum absolute atomic E-state index is 5.78. The second kappa shape index (κ2) is 4.80. The van der Waals surface area contributed by atoms with Gasteiger partial charge in [0.15, 0.2) is 5.75 Å². The highest BCUT2D eigenvalue weighted by molar-refractivity contribution is 9.10. The Balaban J connectivity index is 2.23. The highest BCUT2D eigenvalue weighted by atomic mass is 79.9. The van der Waals surface area contributed by atoms with Crippen LogP contribution in [0.4, 0.5) is 5.69 Å². The monoisotopic (exact) mass is 343 g/mol. The van der Waals surface area contributed by atoms with E-state index in [1.54, 1.807) is 24.5 Å². The molecule has 0 aliphatic carbocycles. The molecule has 0 fully saturated rings. The number of nitrogens with zero attached hydrogens (tertiary/aromatic N) is 2. The van der Waals surface area contributed by atoms with Crippen molar-refractivity contribution in [2.45, 2.75) is 0 Å². The lowest BCUT2D eigenvalue weighted by Crippen LogP contribution is -1.95. The molecule has 0 radical (unpaired) electrons. The molecule has 0 saturated carbocycles. The Morgan fingerprint density at radius 3 is 2.38 bits per heavy atom. The molecule has 4 nitrogen and oxygen atoms in total. The van der Waals surface area contributed by atoms with Crippen molar-refractivity contribution >= 4 is 37.5 Å². The van der Waals surface area contributed by atoms with Gasteiger partial charge in [-0.05, 0) is 34.1 Å². The SMILES string of the molecule is Nc1cc(Br)ccc1Oc1ncc(Br)cn1. The minimum Gasteiger partial charge on any atom is -0.422 e. The van der Waals surface area contributed by atoms with E-state index in [9.17, 15) is 0 Å². The van der Waals surface area contributed by atoms with Gasteiger partial charge in [-0.3, -0.25) is 0 Å². The number of nitrogens with two attached hydrogens (primary N) is 1. The molecule has 0 bridgehead atoms. The van der Waals surface area contributed by atoms with E-state index in [2.05, 4.69) is 41.8 Å². The Bertz CT molecular complexity index is 502. The Kier molecular flexibility index (Phi) is 3.40. The number of anilines is 1. The molecule has 0 unspecified atom stereocenters. The molecule has 0 aliphatic rings. The van der Waals surface area contributed by atoms with Crippen LogP contribution in [0.1, 0.15) is 0 Å². The molecule has 0 spiro atoms. The van der Waals surface area contributed by atoms with Crippen molar-refractivity contribution in [1.29, 1.82) is 0 Å². The number of aromatic nitrogens is 2. The van der Waals surface area contributed by atoms with E-state index < -0.39 is 0 Å². The lowest BCUT2D eigenvalue weighted by atomic mass is 10.3. The van der Waals surface area contributed by atoms with Crippen LogP contribution in [-0.4, -0.2) is 9.97 Å². The molecule has 1 heterocycles. The molecule has 1 aromatic heterocycles. The first-order chi connectivity index (χ1) is 7.65. The predicted octanol–water partition coefficient (Wildman–Crippen LogP) is 3.38. The van der Waals surface area contributed by atoms with Crippen molar-refractivity contribution in [3.05, 3.63) is 39.5 Å².